The summed E-state index contributed by atoms with van der Waals surface area (Å²) in [4.78, 5) is 13.9. The van der Waals surface area contributed by atoms with Crippen LogP contribution in [0.3, 0.4) is 0 Å². The molecule has 0 unspecified atom stereocenters. The van der Waals surface area contributed by atoms with E-state index in [2.05, 4.69) is 12.1 Å². The second kappa shape index (κ2) is 10.4. The van der Waals surface area contributed by atoms with Gasteiger partial charge in [0.2, 0.25) is 0 Å². The third-order valence-electron chi connectivity index (χ3n) is 5.22. The van der Waals surface area contributed by atoms with Gasteiger partial charge in [0, 0.05) is 13.1 Å². The van der Waals surface area contributed by atoms with Crippen molar-refractivity contribution in [3.05, 3.63) is 35.9 Å². The van der Waals surface area contributed by atoms with Crippen molar-refractivity contribution in [2.45, 2.75) is 77.0 Å². The zero-order valence-corrected chi connectivity index (χ0v) is 18.0. The minimum absolute atomic E-state index is 0.220. The molecule has 0 radical (unpaired) electrons. The third-order valence-corrected chi connectivity index (χ3v) is 5.22. The summed E-state index contributed by atoms with van der Waals surface area (Å²) in [6.07, 6.45) is 4.21. The van der Waals surface area contributed by atoms with E-state index in [1.165, 1.54) is 5.56 Å². The topological polar surface area (TPSA) is 57.2 Å². The van der Waals surface area contributed by atoms with Gasteiger partial charge in [-0.25, -0.2) is 4.79 Å². The predicted molar refractivity (Wildman–Crippen MR) is 111 cm³/mol. The van der Waals surface area contributed by atoms with Gasteiger partial charge in [0.15, 0.2) is 0 Å². The Morgan fingerprint density at radius 3 is 2.34 bits per heavy atom. The van der Waals surface area contributed by atoms with Crippen molar-refractivity contribution in [2.24, 2.45) is 0 Å². The third kappa shape index (κ3) is 7.61. The van der Waals surface area contributed by atoms with Crippen LogP contribution in [0.5, 0.6) is 0 Å². The quantitative estimate of drug-likeness (QED) is 0.608. The van der Waals surface area contributed by atoms with E-state index in [0.717, 1.165) is 25.7 Å². The minimum atomic E-state index is -0.446. The van der Waals surface area contributed by atoms with E-state index in [4.69, 9.17) is 18.9 Å². The summed E-state index contributed by atoms with van der Waals surface area (Å²) in [6.45, 7) is 8.94. The first-order chi connectivity index (χ1) is 13.9. The lowest BCUT2D eigenvalue weighted by Gasteiger charge is -2.40. The molecule has 1 aliphatic heterocycles. The molecule has 1 aliphatic carbocycles. The van der Waals surface area contributed by atoms with Crippen LogP contribution in [0.15, 0.2) is 30.3 Å². The van der Waals surface area contributed by atoms with E-state index >= 15 is 0 Å². The number of hydrogen-bond donors (Lipinski definition) is 0. The highest BCUT2D eigenvalue weighted by atomic mass is 16.6. The Hall–Kier alpha value is -1.63. The van der Waals surface area contributed by atoms with Gasteiger partial charge in [-0.2, -0.15) is 0 Å². The highest BCUT2D eigenvalue weighted by molar-refractivity contribution is 5.68. The second-order valence-electron chi connectivity index (χ2n) is 8.93. The number of rotatable bonds is 8. The maximum atomic E-state index is 12.1. The van der Waals surface area contributed by atoms with Gasteiger partial charge in [0.1, 0.15) is 5.60 Å². The van der Waals surface area contributed by atoms with E-state index in [0.29, 0.717) is 32.9 Å². The Morgan fingerprint density at radius 2 is 1.69 bits per heavy atom. The first kappa shape index (κ1) is 22.1. The van der Waals surface area contributed by atoms with Crippen molar-refractivity contribution in [2.75, 3.05) is 26.3 Å². The second-order valence-corrected chi connectivity index (χ2v) is 8.93. The molecule has 0 atom stereocenters. The summed E-state index contributed by atoms with van der Waals surface area (Å²) in [5, 5.41) is 0. The summed E-state index contributed by atoms with van der Waals surface area (Å²) < 4.78 is 23.1. The van der Waals surface area contributed by atoms with Crippen molar-refractivity contribution in [1.82, 2.24) is 4.90 Å². The van der Waals surface area contributed by atoms with Crippen molar-refractivity contribution >= 4 is 6.09 Å². The van der Waals surface area contributed by atoms with Crippen LogP contribution in [0.4, 0.5) is 4.79 Å². The minimum Gasteiger partial charge on any atom is -0.444 e. The monoisotopic (exact) mass is 405 g/mol. The summed E-state index contributed by atoms with van der Waals surface area (Å²) in [5.41, 5.74) is 0.736. The van der Waals surface area contributed by atoms with Crippen LogP contribution >= 0.6 is 0 Å². The number of carbonyl (C=O) groups excluding carboxylic acids is 1. The summed E-state index contributed by atoms with van der Waals surface area (Å²) in [5.74, 6) is 0. The molecule has 29 heavy (non-hydrogen) atoms. The molecule has 3 rings (SSSR count). The van der Waals surface area contributed by atoms with E-state index in [1.807, 2.05) is 39.0 Å². The standard InChI is InChI=1S/C23H35NO5/c1-23(2,3)29-22(25)24-11-9-19(10-12-24)28-21-15-20(16-21)27-14-13-26-17-18-7-5-4-6-8-18/h4-8,19-21H,9-17H2,1-3H3. The molecule has 1 amide bonds. The number of benzene rings is 1. The van der Waals surface area contributed by atoms with Crippen LogP contribution in [-0.2, 0) is 25.6 Å². The average Bonchev–Trinajstić information content (AvgIpc) is 2.65. The number of ether oxygens (including phenoxy) is 4. The molecular formula is C23H35NO5. The molecule has 0 spiro atoms. The number of piperidine rings is 1. The van der Waals surface area contributed by atoms with Crippen LogP contribution in [0.25, 0.3) is 0 Å². The van der Waals surface area contributed by atoms with Gasteiger partial charge in [-0.15, -0.1) is 0 Å². The molecule has 1 aromatic rings. The summed E-state index contributed by atoms with van der Waals surface area (Å²) in [6, 6.07) is 10.2. The van der Waals surface area contributed by atoms with Gasteiger partial charge in [-0.3, -0.25) is 0 Å². The molecule has 1 saturated heterocycles. The number of likely N-dealkylation sites (tertiary alicyclic amines) is 1. The molecule has 1 aromatic carbocycles. The van der Waals surface area contributed by atoms with E-state index in [1.54, 1.807) is 4.90 Å². The zero-order valence-electron chi connectivity index (χ0n) is 18.0. The highest BCUT2D eigenvalue weighted by Gasteiger charge is 2.34. The summed E-state index contributed by atoms with van der Waals surface area (Å²) >= 11 is 0. The molecule has 6 nitrogen and oxygen atoms in total. The number of amides is 1. The average molecular weight is 406 g/mol. The lowest BCUT2D eigenvalue weighted by molar-refractivity contribution is -0.139. The van der Waals surface area contributed by atoms with Gasteiger partial charge in [-0.05, 0) is 52.0 Å². The van der Waals surface area contributed by atoms with E-state index in [9.17, 15) is 4.79 Å². The zero-order chi connectivity index (χ0) is 20.7. The molecule has 6 heteroatoms. The molecule has 0 N–H and O–H groups in total. The molecule has 1 heterocycles. The first-order valence-corrected chi connectivity index (χ1v) is 10.8. The Morgan fingerprint density at radius 1 is 1.00 bits per heavy atom. The largest absolute Gasteiger partial charge is 0.444 e. The molecular weight excluding hydrogens is 370 g/mol. The maximum absolute atomic E-state index is 12.1. The van der Waals surface area contributed by atoms with Gasteiger partial charge in [-0.1, -0.05) is 30.3 Å². The fourth-order valence-electron chi connectivity index (χ4n) is 3.58. The normalized spacial score (nSPS) is 22.9. The maximum Gasteiger partial charge on any atom is 0.410 e. The molecule has 1 saturated carbocycles. The van der Waals surface area contributed by atoms with Crippen LogP contribution in [-0.4, -0.2) is 61.2 Å². The van der Waals surface area contributed by atoms with Gasteiger partial charge < -0.3 is 23.8 Å². The fraction of sp³-hybridized carbons (Fsp3) is 0.696. The molecule has 2 aliphatic rings. The first-order valence-electron chi connectivity index (χ1n) is 10.8. The number of carbonyl (C=O) groups is 1. The van der Waals surface area contributed by atoms with Crippen molar-refractivity contribution in [3.63, 3.8) is 0 Å². The van der Waals surface area contributed by atoms with Gasteiger partial charge >= 0.3 is 6.09 Å². The Kier molecular flexibility index (Phi) is 7.92. The molecule has 0 bridgehead atoms. The molecule has 162 valence electrons. The summed E-state index contributed by atoms with van der Waals surface area (Å²) in [7, 11) is 0. The van der Waals surface area contributed by atoms with Gasteiger partial charge in [0.25, 0.3) is 0 Å². The lowest BCUT2D eigenvalue weighted by Crippen LogP contribution is -2.46. The van der Waals surface area contributed by atoms with Crippen LogP contribution in [0.2, 0.25) is 0 Å². The smallest absolute Gasteiger partial charge is 0.410 e. The molecule has 2 fully saturated rings. The number of nitrogens with zero attached hydrogens (tertiary/aromatic N) is 1. The predicted octanol–water partition coefficient (Wildman–Crippen LogP) is 4.17. The van der Waals surface area contributed by atoms with Crippen molar-refractivity contribution in [1.29, 1.82) is 0 Å². The van der Waals surface area contributed by atoms with Crippen LogP contribution in [0.1, 0.15) is 52.0 Å². The van der Waals surface area contributed by atoms with Gasteiger partial charge in [0.05, 0.1) is 38.1 Å². The SMILES string of the molecule is CC(C)(C)OC(=O)N1CCC(OC2CC(OCCOCc3ccccc3)C2)CC1. The highest BCUT2D eigenvalue weighted by Crippen LogP contribution is 2.29. The molecule has 0 aromatic heterocycles. The van der Waals surface area contributed by atoms with E-state index < -0.39 is 5.60 Å². The lowest BCUT2D eigenvalue weighted by atomic mass is 9.91. The van der Waals surface area contributed by atoms with Crippen molar-refractivity contribution < 1.29 is 23.7 Å². The fourth-order valence-corrected chi connectivity index (χ4v) is 3.58. The van der Waals surface area contributed by atoms with E-state index in [-0.39, 0.29) is 24.4 Å². The number of hydrogen-bond acceptors (Lipinski definition) is 5. The van der Waals surface area contributed by atoms with Crippen LogP contribution in [0, 0.1) is 0 Å². The Labute approximate surface area is 174 Å². The van der Waals surface area contributed by atoms with Crippen LogP contribution < -0.4 is 0 Å². The Bertz CT molecular complexity index is 616. The van der Waals surface area contributed by atoms with Crippen molar-refractivity contribution in [3.8, 4) is 0 Å². The Balaban J connectivity index is 1.20.